The second kappa shape index (κ2) is 14.1. The quantitative estimate of drug-likeness (QED) is 0.324. The lowest BCUT2D eigenvalue weighted by Crippen LogP contribution is -2.56. The van der Waals surface area contributed by atoms with Gasteiger partial charge in [-0.05, 0) is 31.4 Å². The number of carboxylic acids is 2. The van der Waals surface area contributed by atoms with Crippen LogP contribution in [0.4, 0.5) is 26.3 Å². The zero-order valence-electron chi connectivity index (χ0n) is 19.2. The number of halogens is 6. The number of rotatable bonds is 6. The van der Waals surface area contributed by atoms with Gasteiger partial charge in [-0.25, -0.2) is 9.59 Å². The van der Waals surface area contributed by atoms with Crippen molar-refractivity contribution in [3.8, 4) is 0 Å². The second-order valence-electron chi connectivity index (χ2n) is 8.06. The van der Waals surface area contributed by atoms with Crippen molar-refractivity contribution in [3.05, 3.63) is 42.7 Å². The molecule has 0 bridgehead atoms. The Morgan fingerprint density at radius 2 is 1.81 bits per heavy atom. The first-order chi connectivity index (χ1) is 16.7. The van der Waals surface area contributed by atoms with E-state index in [1.807, 2.05) is 18.3 Å². The van der Waals surface area contributed by atoms with Crippen molar-refractivity contribution >= 4 is 11.9 Å². The summed E-state index contributed by atoms with van der Waals surface area (Å²) in [6, 6.07) is 6.13. The van der Waals surface area contributed by atoms with Crippen molar-refractivity contribution in [2.24, 2.45) is 5.41 Å². The molecule has 2 aliphatic heterocycles. The summed E-state index contributed by atoms with van der Waals surface area (Å²) in [6.07, 6.45) is -2.73. The van der Waals surface area contributed by atoms with Gasteiger partial charge in [0.05, 0.1) is 25.0 Å². The Balaban J connectivity index is 0.000000383. The molecule has 0 saturated carbocycles. The Morgan fingerprint density at radius 1 is 1.19 bits per heavy atom. The van der Waals surface area contributed by atoms with Crippen molar-refractivity contribution in [2.45, 2.75) is 44.3 Å². The number of hydrogen-bond donors (Lipinski definition) is 2. The van der Waals surface area contributed by atoms with E-state index >= 15 is 0 Å². The number of likely N-dealkylation sites (tertiary alicyclic amines) is 1. The first kappa shape index (κ1) is 31.3. The molecule has 0 aromatic carbocycles. The summed E-state index contributed by atoms with van der Waals surface area (Å²) in [7, 11) is 0. The summed E-state index contributed by atoms with van der Waals surface area (Å²) in [5, 5.41) is 14.2. The average Bonchev–Trinajstić information content (AvgIpc) is 2.79. The fourth-order valence-corrected chi connectivity index (χ4v) is 3.79. The zero-order chi connectivity index (χ0) is 27.4. The van der Waals surface area contributed by atoms with Crippen LogP contribution in [0, 0.1) is 5.41 Å². The molecule has 1 aromatic rings. The number of ether oxygens (including phenoxy) is 2. The fourth-order valence-electron chi connectivity index (χ4n) is 3.79. The van der Waals surface area contributed by atoms with Crippen LogP contribution in [0.1, 0.15) is 25.0 Å². The van der Waals surface area contributed by atoms with Gasteiger partial charge < -0.3 is 19.7 Å². The SMILES string of the molecule is C=CCOCC12CCCOC1CCN(Cc1ccccn1)C2.O=C(O)C(F)(F)F.O=C(O)C(F)(F)F. The molecule has 2 unspecified atom stereocenters. The van der Waals surface area contributed by atoms with E-state index in [2.05, 4.69) is 28.6 Å². The van der Waals surface area contributed by atoms with E-state index in [-0.39, 0.29) is 5.41 Å². The third-order valence-electron chi connectivity index (χ3n) is 5.29. The van der Waals surface area contributed by atoms with Crippen LogP contribution in [0.2, 0.25) is 0 Å². The Bertz CT molecular complexity index is 813. The van der Waals surface area contributed by atoms with Crippen molar-refractivity contribution in [1.29, 1.82) is 0 Å². The lowest BCUT2D eigenvalue weighted by molar-refractivity contribution is -0.193. The Hall–Kier alpha value is -2.71. The van der Waals surface area contributed by atoms with Crippen molar-refractivity contribution in [2.75, 3.05) is 32.9 Å². The number of aromatic nitrogens is 1. The summed E-state index contributed by atoms with van der Waals surface area (Å²) in [5.74, 6) is -5.51. The normalized spacial score (nSPS) is 22.1. The highest BCUT2D eigenvalue weighted by molar-refractivity contribution is 5.73. The van der Waals surface area contributed by atoms with Crippen LogP contribution in [-0.4, -0.2) is 83.4 Å². The van der Waals surface area contributed by atoms with Gasteiger partial charge in [-0.2, -0.15) is 26.3 Å². The highest BCUT2D eigenvalue weighted by Crippen LogP contribution is 2.40. The van der Waals surface area contributed by atoms with Gasteiger partial charge in [0, 0.05) is 37.9 Å². The number of aliphatic carboxylic acids is 2. The van der Waals surface area contributed by atoms with Gasteiger partial charge in [-0.3, -0.25) is 9.88 Å². The van der Waals surface area contributed by atoms with E-state index in [0.29, 0.717) is 12.7 Å². The number of carbonyl (C=O) groups is 2. The van der Waals surface area contributed by atoms with Gasteiger partial charge in [0.1, 0.15) is 0 Å². The topological polar surface area (TPSA) is 109 Å². The largest absolute Gasteiger partial charge is 0.490 e. The predicted molar refractivity (Wildman–Crippen MR) is 114 cm³/mol. The molecule has 0 radical (unpaired) electrons. The second-order valence-corrected chi connectivity index (χ2v) is 8.06. The standard InChI is InChI=1S/C18H26N2O2.2C2HF3O2/c1-2-11-21-15-18-8-5-12-22-17(18)7-10-20(14-18)13-16-6-3-4-9-19-16;2*3-2(4,5)1(6)7/h2-4,6,9,17H,1,5,7-8,10-15H2;2*(H,6,7). The molecule has 204 valence electrons. The highest BCUT2D eigenvalue weighted by Gasteiger charge is 2.46. The monoisotopic (exact) mass is 530 g/mol. The number of piperidine rings is 1. The van der Waals surface area contributed by atoms with Crippen LogP contribution >= 0.6 is 0 Å². The van der Waals surface area contributed by atoms with E-state index in [4.69, 9.17) is 29.3 Å². The van der Waals surface area contributed by atoms with Crippen LogP contribution in [-0.2, 0) is 25.6 Å². The summed E-state index contributed by atoms with van der Waals surface area (Å²) in [5.41, 5.74) is 1.27. The Labute approximate surface area is 203 Å². The maximum absolute atomic E-state index is 10.6. The van der Waals surface area contributed by atoms with E-state index in [1.54, 1.807) is 0 Å². The molecule has 3 rings (SSSR count). The molecular weight excluding hydrogens is 502 g/mol. The number of carboxylic acid groups (broad SMARTS) is 2. The fraction of sp³-hybridized carbons (Fsp3) is 0.591. The Kier molecular flexibility index (Phi) is 12.3. The molecule has 8 nitrogen and oxygen atoms in total. The molecular formula is C22H28F6N2O6. The average molecular weight is 530 g/mol. The first-order valence-electron chi connectivity index (χ1n) is 10.7. The van der Waals surface area contributed by atoms with Crippen molar-refractivity contribution < 1.29 is 55.6 Å². The third-order valence-corrected chi connectivity index (χ3v) is 5.29. The zero-order valence-corrected chi connectivity index (χ0v) is 19.2. The molecule has 0 amide bonds. The molecule has 2 N–H and O–H groups in total. The minimum absolute atomic E-state index is 0.133. The Morgan fingerprint density at radius 3 is 2.31 bits per heavy atom. The van der Waals surface area contributed by atoms with Crippen LogP contribution in [0.5, 0.6) is 0 Å². The van der Waals surface area contributed by atoms with Gasteiger partial charge in [0.25, 0.3) is 0 Å². The maximum atomic E-state index is 10.6. The molecule has 2 atom stereocenters. The third kappa shape index (κ3) is 10.9. The van der Waals surface area contributed by atoms with Gasteiger partial charge >= 0.3 is 24.3 Å². The van der Waals surface area contributed by atoms with Crippen molar-refractivity contribution in [1.82, 2.24) is 9.88 Å². The van der Waals surface area contributed by atoms with Crippen molar-refractivity contribution in [3.63, 3.8) is 0 Å². The van der Waals surface area contributed by atoms with Gasteiger partial charge in [0.2, 0.25) is 0 Å². The van der Waals surface area contributed by atoms with Crippen LogP contribution in [0.25, 0.3) is 0 Å². The van der Waals surface area contributed by atoms with Crippen LogP contribution < -0.4 is 0 Å². The highest BCUT2D eigenvalue weighted by atomic mass is 19.4. The van der Waals surface area contributed by atoms with Gasteiger partial charge in [-0.15, -0.1) is 6.58 Å². The smallest absolute Gasteiger partial charge is 0.475 e. The maximum Gasteiger partial charge on any atom is 0.490 e. The van der Waals surface area contributed by atoms with E-state index in [1.165, 1.54) is 6.42 Å². The lowest BCUT2D eigenvalue weighted by Gasteiger charge is -2.50. The molecule has 2 saturated heterocycles. The predicted octanol–water partition coefficient (Wildman–Crippen LogP) is 3.92. The summed E-state index contributed by atoms with van der Waals surface area (Å²) in [4.78, 5) is 24.8. The number of hydrogen-bond acceptors (Lipinski definition) is 6. The molecule has 0 aliphatic carbocycles. The number of pyridine rings is 1. The minimum atomic E-state index is -5.08. The number of fused-ring (bicyclic) bond motifs is 1. The summed E-state index contributed by atoms with van der Waals surface area (Å²) < 4.78 is 75.4. The summed E-state index contributed by atoms with van der Waals surface area (Å²) in [6.45, 7) is 9.04. The van der Waals surface area contributed by atoms with Gasteiger partial charge in [0.15, 0.2) is 0 Å². The van der Waals surface area contributed by atoms with Crippen LogP contribution in [0.3, 0.4) is 0 Å². The molecule has 36 heavy (non-hydrogen) atoms. The van der Waals surface area contributed by atoms with E-state index in [9.17, 15) is 26.3 Å². The van der Waals surface area contributed by atoms with Gasteiger partial charge in [-0.1, -0.05) is 12.1 Å². The minimum Gasteiger partial charge on any atom is -0.475 e. The molecule has 1 aromatic heterocycles. The molecule has 2 fully saturated rings. The molecule has 3 heterocycles. The molecule has 2 aliphatic rings. The number of alkyl halides is 6. The number of nitrogens with zero attached hydrogens (tertiary/aromatic N) is 2. The summed E-state index contributed by atoms with van der Waals surface area (Å²) >= 11 is 0. The lowest BCUT2D eigenvalue weighted by atomic mass is 9.73. The molecule has 14 heteroatoms. The van der Waals surface area contributed by atoms with E-state index in [0.717, 1.165) is 51.4 Å². The first-order valence-corrected chi connectivity index (χ1v) is 10.7. The van der Waals surface area contributed by atoms with Crippen LogP contribution in [0.15, 0.2) is 37.1 Å². The van der Waals surface area contributed by atoms with E-state index < -0.39 is 24.3 Å². The molecule has 0 spiro atoms.